The SMILES string of the molecule is Cc1cc(C)n(C2CN(C(C(N)=O)c3ccccc3)C2)n1. The lowest BCUT2D eigenvalue weighted by molar-refractivity contribution is -0.126. The van der Waals surface area contributed by atoms with Gasteiger partial charge in [0.25, 0.3) is 0 Å². The van der Waals surface area contributed by atoms with Crippen LogP contribution in [0.25, 0.3) is 0 Å². The number of benzene rings is 1. The van der Waals surface area contributed by atoms with Gasteiger partial charge in [0.15, 0.2) is 0 Å². The van der Waals surface area contributed by atoms with Gasteiger partial charge in [0.2, 0.25) is 5.91 Å². The number of nitrogens with two attached hydrogens (primary N) is 1. The van der Waals surface area contributed by atoms with Gasteiger partial charge in [-0.25, -0.2) is 0 Å². The highest BCUT2D eigenvalue weighted by molar-refractivity contribution is 5.81. The Morgan fingerprint density at radius 3 is 2.48 bits per heavy atom. The average molecular weight is 284 g/mol. The number of rotatable bonds is 4. The molecule has 0 radical (unpaired) electrons. The number of primary amides is 1. The van der Waals surface area contributed by atoms with Crippen LogP contribution in [0.5, 0.6) is 0 Å². The Kier molecular flexibility index (Phi) is 3.51. The Morgan fingerprint density at radius 1 is 1.29 bits per heavy atom. The van der Waals surface area contributed by atoms with Gasteiger partial charge < -0.3 is 5.73 Å². The minimum atomic E-state index is -0.348. The van der Waals surface area contributed by atoms with E-state index < -0.39 is 0 Å². The first-order valence-electron chi connectivity index (χ1n) is 7.17. The summed E-state index contributed by atoms with van der Waals surface area (Å²) < 4.78 is 2.05. The average Bonchev–Trinajstić information content (AvgIpc) is 2.72. The summed E-state index contributed by atoms with van der Waals surface area (Å²) in [4.78, 5) is 13.9. The van der Waals surface area contributed by atoms with E-state index in [9.17, 15) is 4.79 Å². The van der Waals surface area contributed by atoms with Crippen LogP contribution in [-0.4, -0.2) is 33.7 Å². The van der Waals surface area contributed by atoms with E-state index >= 15 is 0 Å². The summed E-state index contributed by atoms with van der Waals surface area (Å²) >= 11 is 0. The Labute approximate surface area is 124 Å². The molecule has 1 unspecified atom stereocenters. The topological polar surface area (TPSA) is 64.2 Å². The minimum absolute atomic E-state index is 0.298. The summed E-state index contributed by atoms with van der Waals surface area (Å²) in [6.07, 6.45) is 0. The maximum atomic E-state index is 11.8. The van der Waals surface area contributed by atoms with Gasteiger partial charge in [-0.15, -0.1) is 0 Å². The lowest BCUT2D eigenvalue weighted by Crippen LogP contribution is -2.52. The van der Waals surface area contributed by atoms with Gasteiger partial charge >= 0.3 is 0 Å². The van der Waals surface area contributed by atoms with Gasteiger partial charge in [-0.1, -0.05) is 30.3 Å². The fraction of sp³-hybridized carbons (Fsp3) is 0.375. The molecule has 1 amide bonds. The molecule has 1 atom stereocenters. The molecular formula is C16H20N4O. The number of aromatic nitrogens is 2. The Bertz CT molecular complexity index is 644. The number of hydrogen-bond donors (Lipinski definition) is 1. The monoisotopic (exact) mass is 284 g/mol. The molecule has 0 spiro atoms. The summed E-state index contributed by atoms with van der Waals surface area (Å²) in [6.45, 7) is 5.65. The van der Waals surface area contributed by atoms with Crippen molar-refractivity contribution in [3.05, 3.63) is 53.3 Å². The Balaban J connectivity index is 1.74. The van der Waals surface area contributed by atoms with Crippen LogP contribution in [0.4, 0.5) is 0 Å². The molecule has 3 rings (SSSR count). The summed E-state index contributed by atoms with van der Waals surface area (Å²) in [5.41, 5.74) is 8.74. The van der Waals surface area contributed by atoms with E-state index in [2.05, 4.69) is 27.7 Å². The van der Waals surface area contributed by atoms with E-state index in [4.69, 9.17) is 5.73 Å². The largest absolute Gasteiger partial charge is 0.368 e. The van der Waals surface area contributed by atoms with E-state index in [1.165, 1.54) is 0 Å². The predicted molar refractivity (Wildman–Crippen MR) is 80.7 cm³/mol. The van der Waals surface area contributed by atoms with Crippen molar-refractivity contribution < 1.29 is 4.79 Å². The number of hydrogen-bond acceptors (Lipinski definition) is 3. The Morgan fingerprint density at radius 2 is 1.95 bits per heavy atom. The Hall–Kier alpha value is -2.14. The van der Waals surface area contributed by atoms with Crippen molar-refractivity contribution in [2.45, 2.75) is 25.9 Å². The maximum absolute atomic E-state index is 11.8. The smallest absolute Gasteiger partial charge is 0.239 e. The van der Waals surface area contributed by atoms with Crippen molar-refractivity contribution in [2.75, 3.05) is 13.1 Å². The summed E-state index contributed by atoms with van der Waals surface area (Å²) in [5, 5.41) is 4.52. The van der Waals surface area contributed by atoms with E-state index in [1.54, 1.807) is 0 Å². The van der Waals surface area contributed by atoms with Crippen molar-refractivity contribution in [1.29, 1.82) is 0 Å². The molecule has 110 valence electrons. The zero-order valence-corrected chi connectivity index (χ0v) is 12.4. The van der Waals surface area contributed by atoms with E-state index in [1.807, 2.05) is 37.3 Å². The van der Waals surface area contributed by atoms with Crippen LogP contribution in [0, 0.1) is 13.8 Å². The molecule has 21 heavy (non-hydrogen) atoms. The van der Waals surface area contributed by atoms with Gasteiger partial charge in [0.1, 0.15) is 6.04 Å². The highest BCUT2D eigenvalue weighted by Gasteiger charge is 2.37. The van der Waals surface area contributed by atoms with Crippen LogP contribution in [0.2, 0.25) is 0 Å². The molecule has 0 aliphatic carbocycles. The van der Waals surface area contributed by atoms with Gasteiger partial charge in [-0.3, -0.25) is 14.4 Å². The first-order chi connectivity index (χ1) is 10.1. The molecule has 1 saturated heterocycles. The maximum Gasteiger partial charge on any atom is 0.239 e. The number of carbonyl (C=O) groups excluding carboxylic acids is 1. The fourth-order valence-corrected chi connectivity index (χ4v) is 3.06. The second-order valence-electron chi connectivity index (χ2n) is 5.69. The van der Waals surface area contributed by atoms with Crippen LogP contribution < -0.4 is 5.73 Å². The summed E-state index contributed by atoms with van der Waals surface area (Å²) in [6, 6.07) is 11.8. The zero-order valence-electron chi connectivity index (χ0n) is 12.4. The third kappa shape index (κ3) is 2.56. The molecule has 1 aliphatic heterocycles. The molecule has 0 bridgehead atoms. The molecule has 2 heterocycles. The third-order valence-electron chi connectivity index (χ3n) is 4.03. The highest BCUT2D eigenvalue weighted by atomic mass is 16.1. The van der Waals surface area contributed by atoms with Crippen molar-refractivity contribution >= 4 is 5.91 Å². The van der Waals surface area contributed by atoms with Gasteiger partial charge in [0.05, 0.1) is 11.7 Å². The lowest BCUT2D eigenvalue weighted by atomic mass is 9.98. The lowest BCUT2D eigenvalue weighted by Gasteiger charge is -2.43. The third-order valence-corrected chi connectivity index (χ3v) is 4.03. The molecule has 1 aromatic heterocycles. The van der Waals surface area contributed by atoms with Crippen LogP contribution in [-0.2, 0) is 4.79 Å². The zero-order chi connectivity index (χ0) is 15.0. The second kappa shape index (κ2) is 5.33. The molecule has 5 heteroatoms. The second-order valence-corrected chi connectivity index (χ2v) is 5.69. The normalized spacial score (nSPS) is 17.4. The summed E-state index contributed by atoms with van der Waals surface area (Å²) in [7, 11) is 0. The van der Waals surface area contributed by atoms with Gasteiger partial charge in [-0.05, 0) is 25.5 Å². The molecule has 2 N–H and O–H groups in total. The molecule has 5 nitrogen and oxygen atoms in total. The number of amides is 1. The van der Waals surface area contributed by atoms with Crippen LogP contribution in [0.15, 0.2) is 36.4 Å². The standard InChI is InChI=1S/C16H20N4O/c1-11-8-12(2)20(18-11)14-9-19(10-14)15(16(17)21)13-6-4-3-5-7-13/h3-8,14-15H,9-10H2,1-2H3,(H2,17,21). The van der Waals surface area contributed by atoms with E-state index in [-0.39, 0.29) is 11.9 Å². The van der Waals surface area contributed by atoms with E-state index in [0.29, 0.717) is 6.04 Å². The quantitative estimate of drug-likeness (QED) is 0.927. The number of carbonyl (C=O) groups is 1. The van der Waals surface area contributed by atoms with Crippen molar-refractivity contribution in [3.63, 3.8) is 0 Å². The molecule has 1 aliphatic rings. The van der Waals surface area contributed by atoms with Crippen LogP contribution in [0.1, 0.15) is 29.0 Å². The van der Waals surface area contributed by atoms with Gasteiger partial charge in [-0.2, -0.15) is 5.10 Å². The number of likely N-dealkylation sites (tertiary alicyclic amines) is 1. The van der Waals surface area contributed by atoms with E-state index in [0.717, 1.165) is 30.0 Å². The van der Waals surface area contributed by atoms with Crippen molar-refractivity contribution in [2.24, 2.45) is 5.73 Å². The first-order valence-corrected chi connectivity index (χ1v) is 7.17. The predicted octanol–water partition coefficient (Wildman–Crippen LogP) is 1.58. The number of aryl methyl sites for hydroxylation is 2. The number of nitrogens with zero attached hydrogens (tertiary/aromatic N) is 3. The van der Waals surface area contributed by atoms with Crippen molar-refractivity contribution in [3.8, 4) is 0 Å². The molecule has 1 aromatic carbocycles. The first kappa shape index (κ1) is 13.8. The summed E-state index contributed by atoms with van der Waals surface area (Å²) in [5.74, 6) is -0.298. The van der Waals surface area contributed by atoms with Crippen LogP contribution in [0.3, 0.4) is 0 Å². The molecular weight excluding hydrogens is 264 g/mol. The molecule has 0 saturated carbocycles. The molecule has 2 aromatic rings. The highest BCUT2D eigenvalue weighted by Crippen LogP contribution is 2.31. The van der Waals surface area contributed by atoms with Crippen molar-refractivity contribution in [1.82, 2.24) is 14.7 Å². The van der Waals surface area contributed by atoms with Crippen LogP contribution >= 0.6 is 0 Å². The minimum Gasteiger partial charge on any atom is -0.368 e. The van der Waals surface area contributed by atoms with Gasteiger partial charge in [0, 0.05) is 18.8 Å². The molecule has 1 fully saturated rings. The fourth-order valence-electron chi connectivity index (χ4n) is 3.06.